The largest absolute Gasteiger partial charge is 0.350 e. The van der Waals surface area contributed by atoms with Gasteiger partial charge in [-0.1, -0.05) is 31.5 Å². The van der Waals surface area contributed by atoms with Crippen LogP contribution in [0.2, 0.25) is 5.02 Å². The highest BCUT2D eigenvalue weighted by atomic mass is 35.5. The lowest BCUT2D eigenvalue weighted by Crippen LogP contribution is -2.44. The Morgan fingerprint density at radius 1 is 1.47 bits per heavy atom. The number of rotatable bonds is 4. The van der Waals surface area contributed by atoms with Crippen LogP contribution in [0, 0.1) is 11.7 Å². The Kier molecular flexibility index (Phi) is 4.14. The Bertz CT molecular complexity index is 489. The molecule has 1 aromatic rings. The molecular weight excluding hydrogens is 265 g/mol. The Labute approximate surface area is 118 Å². The highest BCUT2D eigenvalue weighted by Crippen LogP contribution is 2.32. The fraction of sp³-hybridized carbons (Fsp3) is 0.533. The average Bonchev–Trinajstić information content (AvgIpc) is 2.63. The molecule has 1 saturated heterocycles. The zero-order chi connectivity index (χ0) is 14.0. The van der Waals surface area contributed by atoms with E-state index in [-0.39, 0.29) is 17.3 Å². The third-order valence-corrected chi connectivity index (χ3v) is 3.81. The molecular formula is C15H19ClFNO. The van der Waals surface area contributed by atoms with Gasteiger partial charge >= 0.3 is 0 Å². The van der Waals surface area contributed by atoms with Crippen molar-refractivity contribution < 1.29 is 9.18 Å². The van der Waals surface area contributed by atoms with Crippen molar-refractivity contribution in [2.24, 2.45) is 5.92 Å². The van der Waals surface area contributed by atoms with Crippen LogP contribution < -0.4 is 5.32 Å². The van der Waals surface area contributed by atoms with Crippen molar-refractivity contribution in [3.63, 3.8) is 0 Å². The number of carbonyl (C=O) groups excluding carboxylic acids is 1. The summed E-state index contributed by atoms with van der Waals surface area (Å²) < 4.78 is 13.9. The highest BCUT2D eigenvalue weighted by Gasteiger charge is 2.38. The standard InChI is InChI=1S/C15H19ClFNO/c1-10(2)8-15(6-5-14(19)18-15)9-11-3-4-12(16)7-13(11)17/h3-4,7,10H,5-6,8-9H2,1-2H3,(H,18,19). The van der Waals surface area contributed by atoms with Gasteiger partial charge in [0.2, 0.25) is 5.91 Å². The first-order valence-electron chi connectivity index (χ1n) is 6.65. The minimum atomic E-state index is -0.306. The molecule has 1 aliphatic heterocycles. The third kappa shape index (κ3) is 3.47. The number of carbonyl (C=O) groups is 1. The van der Waals surface area contributed by atoms with Gasteiger partial charge in [-0.2, -0.15) is 0 Å². The number of benzene rings is 1. The zero-order valence-corrected chi connectivity index (χ0v) is 12.1. The zero-order valence-electron chi connectivity index (χ0n) is 11.3. The van der Waals surface area contributed by atoms with Crippen molar-refractivity contribution >= 4 is 17.5 Å². The molecule has 1 aromatic carbocycles. The van der Waals surface area contributed by atoms with Crippen molar-refractivity contribution in [2.45, 2.75) is 45.1 Å². The molecule has 19 heavy (non-hydrogen) atoms. The summed E-state index contributed by atoms with van der Waals surface area (Å²) in [5, 5.41) is 3.45. The summed E-state index contributed by atoms with van der Waals surface area (Å²) in [4.78, 5) is 11.5. The van der Waals surface area contributed by atoms with E-state index in [0.717, 1.165) is 12.8 Å². The molecule has 0 aliphatic carbocycles. The van der Waals surface area contributed by atoms with E-state index in [9.17, 15) is 9.18 Å². The second-order valence-corrected chi connectivity index (χ2v) is 6.28. The Hall–Kier alpha value is -1.09. The molecule has 0 radical (unpaired) electrons. The van der Waals surface area contributed by atoms with E-state index in [1.807, 2.05) is 0 Å². The van der Waals surface area contributed by atoms with E-state index in [2.05, 4.69) is 19.2 Å². The number of nitrogens with one attached hydrogen (secondary N) is 1. The minimum Gasteiger partial charge on any atom is -0.350 e. The lowest BCUT2D eigenvalue weighted by Gasteiger charge is -2.31. The monoisotopic (exact) mass is 283 g/mol. The van der Waals surface area contributed by atoms with E-state index in [1.54, 1.807) is 12.1 Å². The van der Waals surface area contributed by atoms with Gasteiger partial charge in [-0.3, -0.25) is 4.79 Å². The van der Waals surface area contributed by atoms with Gasteiger partial charge in [0.25, 0.3) is 0 Å². The molecule has 1 amide bonds. The summed E-state index contributed by atoms with van der Waals surface area (Å²) in [6, 6.07) is 4.74. The fourth-order valence-electron chi connectivity index (χ4n) is 2.94. The van der Waals surface area contributed by atoms with Gasteiger partial charge in [0.1, 0.15) is 5.82 Å². The van der Waals surface area contributed by atoms with Crippen molar-refractivity contribution in [3.8, 4) is 0 Å². The van der Waals surface area contributed by atoms with Crippen LogP contribution in [0.4, 0.5) is 4.39 Å². The molecule has 0 spiro atoms. The van der Waals surface area contributed by atoms with Crippen LogP contribution in [0.5, 0.6) is 0 Å². The van der Waals surface area contributed by atoms with E-state index in [4.69, 9.17) is 11.6 Å². The minimum absolute atomic E-state index is 0.0648. The molecule has 2 rings (SSSR count). The Morgan fingerprint density at radius 2 is 2.21 bits per heavy atom. The lowest BCUT2D eigenvalue weighted by molar-refractivity contribution is -0.119. The summed E-state index contributed by atoms with van der Waals surface area (Å²) in [6.07, 6.45) is 2.69. The molecule has 2 nitrogen and oxygen atoms in total. The normalized spacial score (nSPS) is 22.9. The van der Waals surface area contributed by atoms with Gasteiger partial charge in [0, 0.05) is 17.0 Å². The predicted molar refractivity (Wildman–Crippen MR) is 74.7 cm³/mol. The van der Waals surface area contributed by atoms with Crippen LogP contribution in [0.3, 0.4) is 0 Å². The average molecular weight is 284 g/mol. The SMILES string of the molecule is CC(C)CC1(Cc2ccc(Cl)cc2F)CCC(=O)N1. The van der Waals surface area contributed by atoms with Crippen molar-refractivity contribution in [3.05, 3.63) is 34.6 Å². The van der Waals surface area contributed by atoms with Crippen molar-refractivity contribution in [1.82, 2.24) is 5.32 Å². The Morgan fingerprint density at radius 3 is 2.74 bits per heavy atom. The van der Waals surface area contributed by atoms with Crippen LogP contribution in [-0.4, -0.2) is 11.4 Å². The lowest BCUT2D eigenvalue weighted by atomic mass is 9.82. The molecule has 1 fully saturated rings. The molecule has 104 valence electrons. The summed E-state index contributed by atoms with van der Waals surface area (Å²) in [5.74, 6) is 0.223. The first-order valence-corrected chi connectivity index (χ1v) is 7.03. The molecule has 1 aliphatic rings. The number of halogens is 2. The van der Waals surface area contributed by atoms with E-state index >= 15 is 0 Å². The second-order valence-electron chi connectivity index (χ2n) is 5.84. The predicted octanol–water partition coefficient (Wildman–Crippen LogP) is 3.72. The van der Waals surface area contributed by atoms with Gasteiger partial charge in [-0.15, -0.1) is 0 Å². The van der Waals surface area contributed by atoms with Gasteiger partial charge < -0.3 is 5.32 Å². The summed E-state index contributed by atoms with van der Waals surface area (Å²) >= 11 is 5.77. The van der Waals surface area contributed by atoms with Crippen LogP contribution in [0.25, 0.3) is 0 Å². The van der Waals surface area contributed by atoms with Crippen LogP contribution in [0.1, 0.15) is 38.7 Å². The molecule has 1 atom stereocenters. The fourth-order valence-corrected chi connectivity index (χ4v) is 3.10. The van der Waals surface area contributed by atoms with Crippen molar-refractivity contribution in [1.29, 1.82) is 0 Å². The molecule has 1 N–H and O–H groups in total. The smallest absolute Gasteiger partial charge is 0.220 e. The maximum Gasteiger partial charge on any atom is 0.220 e. The van der Waals surface area contributed by atoms with Crippen LogP contribution in [-0.2, 0) is 11.2 Å². The van der Waals surface area contributed by atoms with Crippen LogP contribution >= 0.6 is 11.6 Å². The van der Waals surface area contributed by atoms with Gasteiger partial charge in [0.15, 0.2) is 0 Å². The highest BCUT2D eigenvalue weighted by molar-refractivity contribution is 6.30. The molecule has 4 heteroatoms. The summed E-state index contributed by atoms with van der Waals surface area (Å²) in [7, 11) is 0. The first-order chi connectivity index (χ1) is 8.90. The maximum absolute atomic E-state index is 13.9. The summed E-state index contributed by atoms with van der Waals surface area (Å²) in [5.41, 5.74) is 0.312. The van der Waals surface area contributed by atoms with Crippen molar-refractivity contribution in [2.75, 3.05) is 0 Å². The second kappa shape index (κ2) is 5.49. The Balaban J connectivity index is 2.23. The first kappa shape index (κ1) is 14.3. The number of hydrogen-bond donors (Lipinski definition) is 1. The maximum atomic E-state index is 13.9. The van der Waals surface area contributed by atoms with Gasteiger partial charge in [0.05, 0.1) is 0 Å². The molecule has 1 heterocycles. The molecule has 1 unspecified atom stereocenters. The number of amides is 1. The third-order valence-electron chi connectivity index (χ3n) is 3.58. The quantitative estimate of drug-likeness (QED) is 0.896. The topological polar surface area (TPSA) is 29.1 Å². The van der Waals surface area contributed by atoms with Crippen LogP contribution in [0.15, 0.2) is 18.2 Å². The summed E-state index contributed by atoms with van der Waals surface area (Å²) in [6.45, 7) is 4.23. The van der Waals surface area contributed by atoms with E-state index in [1.165, 1.54) is 6.07 Å². The molecule has 0 bridgehead atoms. The number of hydrogen-bond acceptors (Lipinski definition) is 1. The molecule has 0 saturated carbocycles. The molecule has 0 aromatic heterocycles. The van der Waals surface area contributed by atoms with E-state index in [0.29, 0.717) is 29.3 Å². The van der Waals surface area contributed by atoms with Gasteiger partial charge in [-0.05, 0) is 42.9 Å². The van der Waals surface area contributed by atoms with E-state index < -0.39 is 0 Å². The van der Waals surface area contributed by atoms with Gasteiger partial charge in [-0.25, -0.2) is 4.39 Å².